The van der Waals surface area contributed by atoms with E-state index in [1.807, 2.05) is 47.4 Å². The fraction of sp³-hybridized carbons (Fsp3) is 0.389. The molecule has 3 rings (SSSR count). The molecule has 0 saturated carbocycles. The van der Waals surface area contributed by atoms with Crippen molar-refractivity contribution >= 4 is 29.1 Å². The van der Waals surface area contributed by atoms with Gasteiger partial charge >= 0.3 is 0 Å². The van der Waals surface area contributed by atoms with E-state index in [1.165, 1.54) is 0 Å². The van der Waals surface area contributed by atoms with Gasteiger partial charge in [0, 0.05) is 31.8 Å². The fourth-order valence-corrected chi connectivity index (χ4v) is 3.29. The van der Waals surface area contributed by atoms with Crippen LogP contribution in [-0.2, 0) is 4.74 Å². The van der Waals surface area contributed by atoms with Gasteiger partial charge in [-0.05, 0) is 29.7 Å². The Morgan fingerprint density at radius 1 is 1.26 bits per heavy atom. The Kier molecular flexibility index (Phi) is 5.99. The molecule has 23 heavy (non-hydrogen) atoms. The van der Waals surface area contributed by atoms with Gasteiger partial charge in [0.2, 0.25) is 0 Å². The number of ether oxygens (including phenoxy) is 1. The van der Waals surface area contributed by atoms with E-state index in [1.54, 1.807) is 7.11 Å². The van der Waals surface area contributed by atoms with Crippen molar-refractivity contribution in [3.05, 3.63) is 48.0 Å². The summed E-state index contributed by atoms with van der Waals surface area (Å²) in [6.07, 6.45) is 1.87. The highest BCUT2D eigenvalue weighted by Crippen LogP contribution is 2.25. The van der Waals surface area contributed by atoms with Crippen LogP contribution in [0.15, 0.2) is 42.5 Å². The number of likely N-dealkylation sites (tertiary alicyclic amines) is 1. The number of methoxy groups -OCH3 is 1. The molecular formula is C18H23ClN2O2. The van der Waals surface area contributed by atoms with Crippen LogP contribution in [0, 0.1) is 0 Å². The number of rotatable bonds is 3. The summed E-state index contributed by atoms with van der Waals surface area (Å²) in [7, 11) is 1.72. The van der Waals surface area contributed by atoms with Crippen LogP contribution < -0.4 is 5.73 Å². The summed E-state index contributed by atoms with van der Waals surface area (Å²) < 4.78 is 5.43. The van der Waals surface area contributed by atoms with Gasteiger partial charge in [-0.3, -0.25) is 4.79 Å². The van der Waals surface area contributed by atoms with Gasteiger partial charge < -0.3 is 15.4 Å². The molecule has 0 aromatic heterocycles. The van der Waals surface area contributed by atoms with Crippen molar-refractivity contribution in [3.63, 3.8) is 0 Å². The van der Waals surface area contributed by atoms with E-state index in [9.17, 15) is 4.79 Å². The van der Waals surface area contributed by atoms with Crippen LogP contribution >= 0.6 is 12.4 Å². The van der Waals surface area contributed by atoms with Crippen LogP contribution in [0.25, 0.3) is 10.8 Å². The predicted molar refractivity (Wildman–Crippen MR) is 95.1 cm³/mol. The minimum Gasteiger partial charge on any atom is -0.381 e. The highest BCUT2D eigenvalue weighted by Gasteiger charge is 2.31. The van der Waals surface area contributed by atoms with Crippen LogP contribution in [0.1, 0.15) is 23.2 Å². The van der Waals surface area contributed by atoms with E-state index in [0.717, 1.165) is 29.2 Å². The zero-order chi connectivity index (χ0) is 15.5. The SMILES string of the molecule is COC1CCN(C(=O)c2cccc3ccccc23)C(CN)C1.Cl. The fourth-order valence-electron chi connectivity index (χ4n) is 3.29. The van der Waals surface area contributed by atoms with Crippen LogP contribution in [0.5, 0.6) is 0 Å². The zero-order valence-corrected chi connectivity index (χ0v) is 14.1. The van der Waals surface area contributed by atoms with Gasteiger partial charge in [0.25, 0.3) is 5.91 Å². The van der Waals surface area contributed by atoms with Gasteiger partial charge in [0.15, 0.2) is 0 Å². The quantitative estimate of drug-likeness (QED) is 0.939. The maximum absolute atomic E-state index is 13.0. The summed E-state index contributed by atoms with van der Waals surface area (Å²) in [6.45, 7) is 1.17. The lowest BCUT2D eigenvalue weighted by Crippen LogP contribution is -2.51. The largest absolute Gasteiger partial charge is 0.381 e. The first-order chi connectivity index (χ1) is 10.7. The first kappa shape index (κ1) is 17.7. The number of amides is 1. The Bertz CT molecular complexity index is 672. The van der Waals surface area contributed by atoms with Crippen LogP contribution in [0.4, 0.5) is 0 Å². The van der Waals surface area contributed by atoms with Crippen molar-refractivity contribution in [1.29, 1.82) is 0 Å². The third-order valence-electron chi connectivity index (χ3n) is 4.55. The topological polar surface area (TPSA) is 55.6 Å². The third-order valence-corrected chi connectivity index (χ3v) is 4.55. The van der Waals surface area contributed by atoms with Crippen molar-refractivity contribution in [2.45, 2.75) is 25.0 Å². The van der Waals surface area contributed by atoms with Gasteiger partial charge in [0.1, 0.15) is 0 Å². The van der Waals surface area contributed by atoms with E-state index in [0.29, 0.717) is 13.1 Å². The summed E-state index contributed by atoms with van der Waals surface area (Å²) in [5.74, 6) is 0.0711. The summed E-state index contributed by atoms with van der Waals surface area (Å²) in [6, 6.07) is 13.9. The van der Waals surface area contributed by atoms with E-state index >= 15 is 0 Å². The van der Waals surface area contributed by atoms with Crippen molar-refractivity contribution in [2.24, 2.45) is 5.73 Å². The molecule has 2 aromatic carbocycles. The molecule has 4 nitrogen and oxygen atoms in total. The first-order valence-corrected chi connectivity index (χ1v) is 7.76. The minimum absolute atomic E-state index is 0. The van der Waals surface area contributed by atoms with Gasteiger partial charge in [-0.25, -0.2) is 0 Å². The maximum atomic E-state index is 13.0. The lowest BCUT2D eigenvalue weighted by atomic mass is 9.96. The van der Waals surface area contributed by atoms with Gasteiger partial charge in [-0.1, -0.05) is 36.4 Å². The zero-order valence-electron chi connectivity index (χ0n) is 13.3. The van der Waals surface area contributed by atoms with Crippen molar-refractivity contribution in [3.8, 4) is 0 Å². The van der Waals surface area contributed by atoms with E-state index in [4.69, 9.17) is 10.5 Å². The monoisotopic (exact) mass is 334 g/mol. The Balaban J connectivity index is 0.00000192. The lowest BCUT2D eigenvalue weighted by molar-refractivity contribution is 0.0140. The molecule has 1 saturated heterocycles. The molecule has 124 valence electrons. The highest BCUT2D eigenvalue weighted by molar-refractivity contribution is 6.07. The average Bonchev–Trinajstić information content (AvgIpc) is 2.60. The molecule has 2 N–H and O–H groups in total. The second-order valence-corrected chi connectivity index (χ2v) is 5.80. The summed E-state index contributed by atoms with van der Waals surface area (Å²) in [5, 5.41) is 2.09. The Morgan fingerprint density at radius 3 is 2.74 bits per heavy atom. The standard InChI is InChI=1S/C18H22N2O2.ClH/c1-22-15-9-10-20(14(11-15)12-19)18(21)17-8-4-6-13-5-2-3-7-16(13)17;/h2-8,14-15H,9-12,19H2,1H3;1H. The lowest BCUT2D eigenvalue weighted by Gasteiger charge is -2.38. The number of nitrogens with two attached hydrogens (primary N) is 1. The molecule has 5 heteroatoms. The summed E-state index contributed by atoms with van der Waals surface area (Å²) >= 11 is 0. The van der Waals surface area contributed by atoms with E-state index < -0.39 is 0 Å². The number of benzene rings is 2. The molecule has 1 amide bonds. The van der Waals surface area contributed by atoms with Crippen molar-refractivity contribution in [2.75, 3.05) is 20.2 Å². The summed E-state index contributed by atoms with van der Waals surface area (Å²) in [5.41, 5.74) is 6.65. The molecule has 1 fully saturated rings. The smallest absolute Gasteiger partial charge is 0.254 e. The normalized spacial score (nSPS) is 21.0. The second kappa shape index (κ2) is 7.77. The minimum atomic E-state index is 0. The molecule has 0 bridgehead atoms. The number of piperidine rings is 1. The van der Waals surface area contributed by atoms with Crippen LogP contribution in [-0.4, -0.2) is 43.2 Å². The van der Waals surface area contributed by atoms with Gasteiger partial charge in [-0.15, -0.1) is 12.4 Å². The Hall–Kier alpha value is -1.62. The van der Waals surface area contributed by atoms with Gasteiger partial charge in [-0.2, -0.15) is 0 Å². The number of nitrogens with zero attached hydrogens (tertiary/aromatic N) is 1. The maximum Gasteiger partial charge on any atom is 0.254 e. The van der Waals surface area contributed by atoms with E-state index in [2.05, 4.69) is 0 Å². The van der Waals surface area contributed by atoms with Gasteiger partial charge in [0.05, 0.1) is 6.10 Å². The predicted octanol–water partition coefficient (Wildman–Crippen LogP) is 2.84. The molecule has 1 aliphatic rings. The Labute approximate surface area is 143 Å². The number of hydrogen-bond donors (Lipinski definition) is 1. The molecular weight excluding hydrogens is 312 g/mol. The third kappa shape index (κ3) is 3.50. The molecule has 1 aliphatic heterocycles. The van der Waals surface area contributed by atoms with Crippen LogP contribution in [0.2, 0.25) is 0 Å². The number of hydrogen-bond acceptors (Lipinski definition) is 3. The number of carbonyl (C=O) groups is 1. The van der Waals surface area contributed by atoms with E-state index in [-0.39, 0.29) is 30.5 Å². The molecule has 1 heterocycles. The average molecular weight is 335 g/mol. The second-order valence-electron chi connectivity index (χ2n) is 5.80. The highest BCUT2D eigenvalue weighted by atomic mass is 35.5. The molecule has 0 spiro atoms. The van der Waals surface area contributed by atoms with Crippen LogP contribution in [0.3, 0.4) is 0 Å². The first-order valence-electron chi connectivity index (χ1n) is 7.76. The molecule has 0 aliphatic carbocycles. The molecule has 2 aromatic rings. The number of fused-ring (bicyclic) bond motifs is 1. The molecule has 2 atom stereocenters. The van der Waals surface area contributed by atoms with Crippen molar-refractivity contribution in [1.82, 2.24) is 4.90 Å². The number of halogens is 1. The molecule has 0 radical (unpaired) electrons. The molecule has 2 unspecified atom stereocenters. The van der Waals surface area contributed by atoms with Crippen molar-refractivity contribution < 1.29 is 9.53 Å². The Morgan fingerprint density at radius 2 is 2.00 bits per heavy atom. The number of carbonyl (C=O) groups excluding carboxylic acids is 1. The summed E-state index contributed by atoms with van der Waals surface area (Å²) in [4.78, 5) is 14.9.